The van der Waals surface area contributed by atoms with E-state index in [2.05, 4.69) is 0 Å². The van der Waals surface area contributed by atoms with Crippen molar-refractivity contribution in [1.82, 2.24) is 4.90 Å². The number of hydrogen-bond acceptors (Lipinski definition) is 2. The number of aliphatic hydroxyl groups is 1. The summed E-state index contributed by atoms with van der Waals surface area (Å²) in [5.74, 6) is -1.72. The first kappa shape index (κ1) is 15.9. The van der Waals surface area contributed by atoms with Crippen LogP contribution in [0.3, 0.4) is 0 Å². The second-order valence-corrected chi connectivity index (χ2v) is 5.48. The molecular weight excluding hydrogens is 276 g/mol. The summed E-state index contributed by atoms with van der Waals surface area (Å²) in [6.45, 7) is 0.0849. The van der Waals surface area contributed by atoms with Gasteiger partial charge in [-0.2, -0.15) is 0 Å². The summed E-state index contributed by atoms with van der Waals surface area (Å²) in [6, 6.07) is 3.67. The van der Waals surface area contributed by atoms with Crippen molar-refractivity contribution in [2.24, 2.45) is 0 Å². The summed E-state index contributed by atoms with van der Waals surface area (Å²) in [7, 11) is 0. The second-order valence-electron chi connectivity index (χ2n) is 5.48. The number of carbonyl (C=O) groups excluding carboxylic acids is 1. The SMILES string of the molecule is O=C(Cc1c(F)cccc1F)N(CCO)C1CCCCC1. The molecule has 1 aromatic carbocycles. The van der Waals surface area contributed by atoms with Crippen LogP contribution in [0.5, 0.6) is 0 Å². The van der Waals surface area contributed by atoms with Crippen LogP contribution in [0, 0.1) is 11.6 Å². The minimum absolute atomic E-state index is 0.0771. The lowest BCUT2D eigenvalue weighted by atomic mass is 9.93. The summed E-state index contributed by atoms with van der Waals surface area (Å²) < 4.78 is 27.3. The largest absolute Gasteiger partial charge is 0.395 e. The summed E-state index contributed by atoms with van der Waals surface area (Å²) in [5, 5.41) is 9.15. The van der Waals surface area contributed by atoms with Crippen LogP contribution in [-0.2, 0) is 11.2 Å². The Morgan fingerprint density at radius 1 is 1.19 bits per heavy atom. The Balaban J connectivity index is 2.11. The molecule has 0 unspecified atom stereocenters. The van der Waals surface area contributed by atoms with E-state index in [4.69, 9.17) is 5.11 Å². The van der Waals surface area contributed by atoms with Crippen molar-refractivity contribution in [2.45, 2.75) is 44.6 Å². The van der Waals surface area contributed by atoms with Gasteiger partial charge in [-0.3, -0.25) is 4.79 Å². The van der Waals surface area contributed by atoms with Crippen molar-refractivity contribution in [3.8, 4) is 0 Å². The number of aliphatic hydroxyl groups excluding tert-OH is 1. The van der Waals surface area contributed by atoms with Crippen molar-refractivity contribution < 1.29 is 18.7 Å². The van der Waals surface area contributed by atoms with Crippen molar-refractivity contribution in [3.63, 3.8) is 0 Å². The molecule has 0 aliphatic heterocycles. The zero-order valence-corrected chi connectivity index (χ0v) is 12.0. The van der Waals surface area contributed by atoms with Crippen LogP contribution in [-0.4, -0.2) is 35.1 Å². The van der Waals surface area contributed by atoms with Crippen molar-refractivity contribution in [1.29, 1.82) is 0 Å². The molecule has 1 fully saturated rings. The van der Waals surface area contributed by atoms with Crippen molar-refractivity contribution in [3.05, 3.63) is 35.4 Å². The molecule has 0 radical (unpaired) electrons. The Bertz CT molecular complexity index is 467. The molecule has 1 N–H and O–H groups in total. The standard InChI is InChI=1S/C16H21F2NO2/c17-14-7-4-8-15(18)13(14)11-16(21)19(9-10-20)12-5-2-1-3-6-12/h4,7-8,12,20H,1-3,5-6,9-11H2. The molecule has 0 heterocycles. The Labute approximate surface area is 123 Å². The van der Waals surface area contributed by atoms with Crippen LogP contribution >= 0.6 is 0 Å². The molecule has 2 rings (SSSR count). The van der Waals surface area contributed by atoms with Gasteiger partial charge in [0.05, 0.1) is 13.0 Å². The molecule has 1 aliphatic rings. The van der Waals surface area contributed by atoms with Crippen LogP contribution in [0.1, 0.15) is 37.7 Å². The molecule has 1 aliphatic carbocycles. The lowest BCUT2D eigenvalue weighted by Crippen LogP contribution is -2.44. The van der Waals surface area contributed by atoms with Crippen LogP contribution in [0.4, 0.5) is 8.78 Å². The van der Waals surface area contributed by atoms with E-state index in [0.717, 1.165) is 44.2 Å². The van der Waals surface area contributed by atoms with Gasteiger partial charge >= 0.3 is 0 Å². The van der Waals surface area contributed by atoms with Crippen LogP contribution in [0.15, 0.2) is 18.2 Å². The zero-order chi connectivity index (χ0) is 15.2. The number of halogens is 2. The van der Waals surface area contributed by atoms with Crippen LogP contribution < -0.4 is 0 Å². The van der Waals surface area contributed by atoms with E-state index in [1.54, 1.807) is 4.90 Å². The number of rotatable bonds is 5. The van der Waals surface area contributed by atoms with E-state index in [0.29, 0.717) is 0 Å². The molecular formula is C16H21F2NO2. The van der Waals surface area contributed by atoms with Crippen LogP contribution in [0.2, 0.25) is 0 Å². The Hall–Kier alpha value is -1.49. The Morgan fingerprint density at radius 2 is 1.81 bits per heavy atom. The van der Waals surface area contributed by atoms with Gasteiger partial charge in [0.1, 0.15) is 11.6 Å². The molecule has 21 heavy (non-hydrogen) atoms. The molecule has 1 saturated carbocycles. The molecule has 0 bridgehead atoms. The summed E-state index contributed by atoms with van der Waals surface area (Å²) >= 11 is 0. The lowest BCUT2D eigenvalue weighted by Gasteiger charge is -2.34. The van der Waals surface area contributed by atoms with Gasteiger partial charge in [-0.05, 0) is 25.0 Å². The first-order valence-electron chi connectivity index (χ1n) is 7.46. The maximum atomic E-state index is 13.6. The fourth-order valence-electron chi connectivity index (χ4n) is 2.97. The third-order valence-electron chi connectivity index (χ3n) is 4.07. The van der Waals surface area contributed by atoms with Gasteiger partial charge < -0.3 is 10.0 Å². The van der Waals surface area contributed by atoms with E-state index in [1.807, 2.05) is 0 Å². The fourth-order valence-corrected chi connectivity index (χ4v) is 2.97. The molecule has 0 spiro atoms. The minimum atomic E-state index is -0.698. The quantitative estimate of drug-likeness (QED) is 0.907. The average Bonchev–Trinajstić information content (AvgIpc) is 2.49. The Morgan fingerprint density at radius 3 is 2.38 bits per heavy atom. The number of nitrogens with zero attached hydrogens (tertiary/aromatic N) is 1. The van der Waals surface area contributed by atoms with Gasteiger partial charge in [0.25, 0.3) is 0 Å². The van der Waals surface area contributed by atoms with Gasteiger partial charge in [-0.1, -0.05) is 25.3 Å². The average molecular weight is 297 g/mol. The third-order valence-corrected chi connectivity index (χ3v) is 4.07. The normalized spacial score (nSPS) is 16.0. The molecule has 3 nitrogen and oxygen atoms in total. The Kier molecular flexibility index (Phi) is 5.67. The van der Waals surface area contributed by atoms with Crippen molar-refractivity contribution in [2.75, 3.05) is 13.2 Å². The van der Waals surface area contributed by atoms with Gasteiger partial charge in [-0.25, -0.2) is 8.78 Å². The lowest BCUT2D eigenvalue weighted by molar-refractivity contribution is -0.134. The molecule has 0 atom stereocenters. The van der Waals surface area contributed by atoms with Crippen LogP contribution in [0.25, 0.3) is 0 Å². The zero-order valence-electron chi connectivity index (χ0n) is 12.0. The van der Waals surface area contributed by atoms with Gasteiger partial charge in [0.2, 0.25) is 5.91 Å². The molecule has 0 saturated heterocycles. The summed E-state index contributed by atoms with van der Waals surface area (Å²) in [4.78, 5) is 14.0. The highest BCUT2D eigenvalue weighted by Gasteiger charge is 2.26. The minimum Gasteiger partial charge on any atom is -0.395 e. The predicted molar refractivity (Wildman–Crippen MR) is 75.7 cm³/mol. The first-order valence-corrected chi connectivity index (χ1v) is 7.46. The second kappa shape index (κ2) is 7.50. The maximum Gasteiger partial charge on any atom is 0.227 e. The van der Waals surface area contributed by atoms with E-state index in [1.165, 1.54) is 6.07 Å². The summed E-state index contributed by atoms with van der Waals surface area (Å²) in [5.41, 5.74) is -0.193. The van der Waals surface area contributed by atoms with Gasteiger partial charge in [-0.15, -0.1) is 0 Å². The highest BCUT2D eigenvalue weighted by molar-refractivity contribution is 5.79. The van der Waals surface area contributed by atoms with Gasteiger partial charge in [0, 0.05) is 18.2 Å². The molecule has 1 amide bonds. The van der Waals surface area contributed by atoms with E-state index < -0.39 is 11.6 Å². The highest BCUT2D eigenvalue weighted by atomic mass is 19.1. The van der Waals surface area contributed by atoms with Crippen molar-refractivity contribution >= 4 is 5.91 Å². The van der Waals surface area contributed by atoms with E-state index in [9.17, 15) is 13.6 Å². The number of carbonyl (C=O) groups is 1. The maximum absolute atomic E-state index is 13.6. The molecule has 5 heteroatoms. The van der Waals surface area contributed by atoms with Gasteiger partial charge in [0.15, 0.2) is 0 Å². The number of hydrogen-bond donors (Lipinski definition) is 1. The topological polar surface area (TPSA) is 40.5 Å². The fraction of sp³-hybridized carbons (Fsp3) is 0.562. The predicted octanol–water partition coefficient (Wildman–Crippen LogP) is 2.66. The number of benzene rings is 1. The summed E-state index contributed by atoms with van der Waals surface area (Å²) in [6.07, 6.45) is 4.74. The smallest absolute Gasteiger partial charge is 0.227 e. The first-order chi connectivity index (χ1) is 10.1. The van der Waals surface area contributed by atoms with E-state index in [-0.39, 0.29) is 37.1 Å². The molecule has 1 aromatic rings. The highest BCUT2D eigenvalue weighted by Crippen LogP contribution is 2.23. The van der Waals surface area contributed by atoms with E-state index >= 15 is 0 Å². The molecule has 0 aromatic heterocycles. The number of amides is 1. The monoisotopic (exact) mass is 297 g/mol. The molecule has 116 valence electrons. The third kappa shape index (κ3) is 4.00.